The number of rotatable bonds is 7. The number of carbonyl (C=O) groups is 2. The van der Waals surface area contributed by atoms with E-state index in [1.165, 1.54) is 6.07 Å². The van der Waals surface area contributed by atoms with E-state index in [4.69, 9.17) is 0 Å². The van der Waals surface area contributed by atoms with Crippen LogP contribution in [-0.2, 0) is 22.4 Å². The Morgan fingerprint density at radius 3 is 2.33 bits per heavy atom. The van der Waals surface area contributed by atoms with Gasteiger partial charge in [-0.3, -0.25) is 9.59 Å². The Morgan fingerprint density at radius 2 is 1.67 bits per heavy atom. The fourth-order valence-electron chi connectivity index (χ4n) is 2.81. The highest BCUT2D eigenvalue weighted by Crippen LogP contribution is 2.25. The third-order valence-corrected chi connectivity index (χ3v) is 4.75. The van der Waals surface area contributed by atoms with Crippen LogP contribution in [0.3, 0.4) is 0 Å². The number of para-hydroxylation sites is 1. The number of carbonyl (C=O) groups excluding carboxylic acids is 2. The average molecular weight is 370 g/mol. The Balaban J connectivity index is 2.01. The maximum atomic E-state index is 13.7. The molecule has 0 fully saturated rings. The summed E-state index contributed by atoms with van der Waals surface area (Å²) in [4.78, 5) is 25.3. The molecule has 144 valence electrons. The zero-order valence-electron chi connectivity index (χ0n) is 16.4. The van der Waals surface area contributed by atoms with Gasteiger partial charge in [0.2, 0.25) is 11.8 Å². The summed E-state index contributed by atoms with van der Waals surface area (Å²) in [5.74, 6) is -1.05. The number of amides is 2. The van der Waals surface area contributed by atoms with Gasteiger partial charge in [-0.2, -0.15) is 0 Å². The van der Waals surface area contributed by atoms with Crippen LogP contribution in [0.4, 0.5) is 10.1 Å². The summed E-state index contributed by atoms with van der Waals surface area (Å²) < 4.78 is 13.7. The van der Waals surface area contributed by atoms with E-state index in [0.29, 0.717) is 12.0 Å². The van der Waals surface area contributed by atoms with Crippen LogP contribution in [-0.4, -0.2) is 18.4 Å². The molecule has 0 heterocycles. The minimum Gasteiger partial charge on any atom is -0.355 e. The van der Waals surface area contributed by atoms with Crippen molar-refractivity contribution >= 4 is 17.5 Å². The van der Waals surface area contributed by atoms with Crippen LogP contribution in [0, 0.1) is 18.2 Å². The predicted molar refractivity (Wildman–Crippen MR) is 106 cm³/mol. The summed E-state index contributed by atoms with van der Waals surface area (Å²) in [7, 11) is 0. The largest absolute Gasteiger partial charge is 0.355 e. The highest BCUT2D eigenvalue weighted by atomic mass is 19.1. The number of benzene rings is 2. The van der Waals surface area contributed by atoms with Crippen LogP contribution >= 0.6 is 0 Å². The Bertz CT molecular complexity index is 831. The number of hydrogen-bond donors (Lipinski definition) is 2. The van der Waals surface area contributed by atoms with E-state index < -0.39 is 5.41 Å². The van der Waals surface area contributed by atoms with Gasteiger partial charge in [0.1, 0.15) is 11.2 Å². The topological polar surface area (TPSA) is 58.2 Å². The van der Waals surface area contributed by atoms with Crippen molar-refractivity contribution in [1.82, 2.24) is 5.32 Å². The number of aryl methyl sites for hydroxylation is 2. The van der Waals surface area contributed by atoms with Crippen molar-refractivity contribution in [1.29, 1.82) is 0 Å². The molecule has 0 saturated heterocycles. The molecular formula is C22H27FN2O2. The Kier molecular flexibility index (Phi) is 6.72. The van der Waals surface area contributed by atoms with Crippen molar-refractivity contribution in [3.63, 3.8) is 0 Å². The SMILES string of the molecule is CCc1cccc(C)c1NC(=O)C(C)(C)C(=O)NCCc1ccccc1F. The first-order chi connectivity index (χ1) is 12.8. The summed E-state index contributed by atoms with van der Waals surface area (Å²) >= 11 is 0. The third kappa shape index (κ3) is 4.94. The highest BCUT2D eigenvalue weighted by Gasteiger charge is 2.36. The van der Waals surface area contributed by atoms with Gasteiger partial charge in [-0.05, 0) is 56.4 Å². The second kappa shape index (κ2) is 8.80. The maximum absolute atomic E-state index is 13.7. The lowest BCUT2D eigenvalue weighted by molar-refractivity contribution is -0.138. The first-order valence-corrected chi connectivity index (χ1v) is 9.19. The molecule has 0 aliphatic carbocycles. The van der Waals surface area contributed by atoms with Gasteiger partial charge in [0, 0.05) is 12.2 Å². The first kappa shape index (κ1) is 20.6. The predicted octanol–water partition coefficient (Wildman–Crippen LogP) is 4.02. The maximum Gasteiger partial charge on any atom is 0.239 e. The van der Waals surface area contributed by atoms with E-state index in [-0.39, 0.29) is 24.2 Å². The van der Waals surface area contributed by atoms with Crippen LogP contribution in [0.25, 0.3) is 0 Å². The fraction of sp³-hybridized carbons (Fsp3) is 0.364. The van der Waals surface area contributed by atoms with E-state index in [1.807, 2.05) is 32.0 Å². The lowest BCUT2D eigenvalue weighted by atomic mass is 9.90. The molecular weight excluding hydrogens is 343 g/mol. The molecule has 4 nitrogen and oxygen atoms in total. The van der Waals surface area contributed by atoms with Crippen molar-refractivity contribution < 1.29 is 14.0 Å². The molecule has 0 unspecified atom stereocenters. The average Bonchev–Trinajstić information content (AvgIpc) is 2.64. The molecule has 2 aromatic rings. The molecule has 27 heavy (non-hydrogen) atoms. The lowest BCUT2D eigenvalue weighted by Gasteiger charge is -2.24. The molecule has 0 spiro atoms. The molecule has 0 aliphatic heterocycles. The zero-order chi connectivity index (χ0) is 20.0. The van der Waals surface area contributed by atoms with Gasteiger partial charge in [0.25, 0.3) is 0 Å². The Labute approximate surface area is 160 Å². The smallest absolute Gasteiger partial charge is 0.239 e. The summed E-state index contributed by atoms with van der Waals surface area (Å²) in [6, 6.07) is 12.3. The van der Waals surface area contributed by atoms with E-state index >= 15 is 0 Å². The van der Waals surface area contributed by atoms with Gasteiger partial charge >= 0.3 is 0 Å². The molecule has 0 atom stereocenters. The summed E-state index contributed by atoms with van der Waals surface area (Å²) in [6.07, 6.45) is 1.15. The molecule has 0 radical (unpaired) electrons. The molecule has 0 aliphatic rings. The number of nitrogens with one attached hydrogen (secondary N) is 2. The van der Waals surface area contributed by atoms with Crippen LogP contribution in [0.1, 0.15) is 37.5 Å². The van der Waals surface area contributed by atoms with Crippen molar-refractivity contribution in [3.05, 3.63) is 65.0 Å². The van der Waals surface area contributed by atoms with Crippen molar-refractivity contribution in [2.24, 2.45) is 5.41 Å². The monoisotopic (exact) mass is 370 g/mol. The first-order valence-electron chi connectivity index (χ1n) is 9.19. The minimum absolute atomic E-state index is 0.265. The van der Waals surface area contributed by atoms with Gasteiger partial charge in [0.05, 0.1) is 0 Å². The number of halogens is 1. The molecule has 0 aromatic heterocycles. The molecule has 2 N–H and O–H groups in total. The van der Waals surface area contributed by atoms with Gasteiger partial charge < -0.3 is 10.6 Å². The Morgan fingerprint density at radius 1 is 1.00 bits per heavy atom. The second-order valence-corrected chi connectivity index (χ2v) is 7.14. The third-order valence-electron chi connectivity index (χ3n) is 4.75. The van der Waals surface area contributed by atoms with Crippen LogP contribution < -0.4 is 10.6 Å². The minimum atomic E-state index is -1.25. The molecule has 2 aromatic carbocycles. The second-order valence-electron chi connectivity index (χ2n) is 7.14. The van der Waals surface area contributed by atoms with Gasteiger partial charge in [-0.15, -0.1) is 0 Å². The highest BCUT2D eigenvalue weighted by molar-refractivity contribution is 6.10. The molecule has 0 saturated carbocycles. The van der Waals surface area contributed by atoms with Crippen LogP contribution in [0.2, 0.25) is 0 Å². The van der Waals surface area contributed by atoms with Crippen molar-refractivity contribution in [2.75, 3.05) is 11.9 Å². The fourth-order valence-corrected chi connectivity index (χ4v) is 2.81. The van der Waals surface area contributed by atoms with Crippen molar-refractivity contribution in [3.8, 4) is 0 Å². The van der Waals surface area contributed by atoms with Gasteiger partial charge in [-0.1, -0.05) is 43.3 Å². The lowest BCUT2D eigenvalue weighted by Crippen LogP contribution is -2.45. The van der Waals surface area contributed by atoms with Crippen LogP contribution in [0.15, 0.2) is 42.5 Å². The van der Waals surface area contributed by atoms with Crippen LogP contribution in [0.5, 0.6) is 0 Å². The van der Waals surface area contributed by atoms with E-state index in [2.05, 4.69) is 10.6 Å². The normalized spacial score (nSPS) is 11.1. The quantitative estimate of drug-likeness (QED) is 0.723. The standard InChI is InChI=1S/C22H27FN2O2/c1-5-16-11-8-9-15(2)19(16)25-21(27)22(3,4)20(26)24-14-13-17-10-6-7-12-18(17)23/h6-12H,5,13-14H2,1-4H3,(H,24,26)(H,25,27). The van der Waals surface area contributed by atoms with Gasteiger partial charge in [-0.25, -0.2) is 4.39 Å². The van der Waals surface area contributed by atoms with Crippen molar-refractivity contribution in [2.45, 2.75) is 40.5 Å². The van der Waals surface area contributed by atoms with E-state index in [9.17, 15) is 14.0 Å². The Hall–Kier alpha value is -2.69. The molecule has 2 rings (SSSR count). The summed E-state index contributed by atoms with van der Waals surface area (Å²) in [5.41, 5.74) is 2.03. The summed E-state index contributed by atoms with van der Waals surface area (Å²) in [6.45, 7) is 7.39. The molecule has 0 bridgehead atoms. The number of anilines is 1. The van der Waals surface area contributed by atoms with E-state index in [0.717, 1.165) is 23.2 Å². The molecule has 5 heteroatoms. The molecule has 2 amide bonds. The number of hydrogen-bond acceptors (Lipinski definition) is 2. The summed E-state index contributed by atoms with van der Waals surface area (Å²) in [5, 5.41) is 5.65. The van der Waals surface area contributed by atoms with Gasteiger partial charge in [0.15, 0.2) is 0 Å². The zero-order valence-corrected chi connectivity index (χ0v) is 16.4. The van der Waals surface area contributed by atoms with E-state index in [1.54, 1.807) is 32.0 Å².